The maximum absolute atomic E-state index is 12.8. The van der Waals surface area contributed by atoms with E-state index in [1.54, 1.807) is 0 Å². The van der Waals surface area contributed by atoms with Crippen molar-refractivity contribution in [1.29, 1.82) is 0 Å². The molecule has 218 valence electrons. The largest absolute Gasteiger partial charge is 0.480 e. The van der Waals surface area contributed by atoms with Crippen LogP contribution < -0.4 is 27.0 Å². The average Bonchev–Trinajstić information content (AvgIpc) is 3.58. The van der Waals surface area contributed by atoms with Crippen LogP contribution in [0.1, 0.15) is 39.5 Å². The Morgan fingerprint density at radius 2 is 1.33 bits per heavy atom. The van der Waals surface area contributed by atoms with E-state index in [-0.39, 0.29) is 13.1 Å². The summed E-state index contributed by atoms with van der Waals surface area (Å²) in [6.45, 7) is 1.71. The summed E-state index contributed by atoms with van der Waals surface area (Å²) in [6, 6.07) is -5.07. The molecule has 0 aromatic rings. The fourth-order valence-corrected chi connectivity index (χ4v) is 4.34. The number of amides is 6. The van der Waals surface area contributed by atoms with Gasteiger partial charge in [0.1, 0.15) is 24.2 Å². The van der Waals surface area contributed by atoms with Gasteiger partial charge in [0, 0.05) is 13.1 Å². The van der Waals surface area contributed by atoms with E-state index < -0.39 is 91.3 Å². The number of likely N-dealkylation sites (tertiary alicyclic amines) is 2. The summed E-state index contributed by atoms with van der Waals surface area (Å²) in [5, 5.41) is 28.0. The molecule has 39 heavy (non-hydrogen) atoms. The Hall–Kier alpha value is -3.79. The number of rotatable bonds is 12. The summed E-state index contributed by atoms with van der Waals surface area (Å²) in [4.78, 5) is 87.9. The van der Waals surface area contributed by atoms with Gasteiger partial charge >= 0.3 is 5.97 Å². The van der Waals surface area contributed by atoms with E-state index in [1.165, 1.54) is 23.6 Å². The highest BCUT2D eigenvalue weighted by Crippen LogP contribution is 2.18. The van der Waals surface area contributed by atoms with E-state index in [4.69, 9.17) is 5.73 Å². The van der Waals surface area contributed by atoms with E-state index in [0.29, 0.717) is 25.7 Å². The minimum Gasteiger partial charge on any atom is -0.480 e. The lowest BCUT2D eigenvalue weighted by Crippen LogP contribution is -2.56. The summed E-state index contributed by atoms with van der Waals surface area (Å²) in [5.74, 6) is -4.93. The normalized spacial score (nSPS) is 20.9. The predicted octanol–water partition coefficient (Wildman–Crippen LogP) is -4.39. The minimum absolute atomic E-state index is 0.243. The molecule has 2 aliphatic rings. The Balaban J connectivity index is 1.83. The fourth-order valence-electron chi connectivity index (χ4n) is 4.34. The first kappa shape index (κ1) is 31.4. The molecule has 0 unspecified atom stereocenters. The molecule has 0 radical (unpaired) electrons. The lowest BCUT2D eigenvalue weighted by Gasteiger charge is -2.26. The van der Waals surface area contributed by atoms with E-state index in [0.717, 1.165) is 0 Å². The van der Waals surface area contributed by atoms with Crippen LogP contribution in [0.25, 0.3) is 0 Å². The molecule has 6 amide bonds. The van der Waals surface area contributed by atoms with Crippen molar-refractivity contribution in [3.63, 3.8) is 0 Å². The van der Waals surface area contributed by atoms with E-state index >= 15 is 0 Å². The molecule has 16 nitrogen and oxygen atoms in total. The maximum atomic E-state index is 12.8. The van der Waals surface area contributed by atoms with E-state index in [2.05, 4.69) is 21.3 Å². The number of aliphatic hydroxyl groups excluding tert-OH is 1. The van der Waals surface area contributed by atoms with Crippen molar-refractivity contribution in [1.82, 2.24) is 31.1 Å². The van der Waals surface area contributed by atoms with Gasteiger partial charge in [-0.2, -0.15) is 0 Å². The van der Waals surface area contributed by atoms with Crippen molar-refractivity contribution < 1.29 is 43.8 Å². The van der Waals surface area contributed by atoms with Gasteiger partial charge in [0.25, 0.3) is 0 Å². The SMILES string of the molecule is C[C@H](N)C(=O)N[C@@H](CO)C(=O)NCC(=O)N1CCC[C@H]1C(=O)N[C@@H](C)C(=O)NCC(=O)N1CCC[C@H]1C(=O)O. The van der Waals surface area contributed by atoms with Crippen LogP contribution >= 0.6 is 0 Å². The molecule has 2 fully saturated rings. The predicted molar refractivity (Wildman–Crippen MR) is 133 cm³/mol. The number of carboxylic acids is 1. The summed E-state index contributed by atoms with van der Waals surface area (Å²) in [6.07, 6.45) is 1.73. The summed E-state index contributed by atoms with van der Waals surface area (Å²) < 4.78 is 0. The quantitative estimate of drug-likeness (QED) is 0.122. The van der Waals surface area contributed by atoms with Crippen molar-refractivity contribution in [2.45, 2.75) is 69.7 Å². The molecule has 16 heteroatoms. The minimum atomic E-state index is -1.30. The second-order valence-electron chi connectivity index (χ2n) is 9.53. The second kappa shape index (κ2) is 14.4. The van der Waals surface area contributed by atoms with Crippen LogP contribution in [-0.2, 0) is 33.6 Å². The number of aliphatic hydroxyl groups is 1. The first-order chi connectivity index (χ1) is 18.4. The van der Waals surface area contributed by atoms with Gasteiger partial charge in [-0.1, -0.05) is 0 Å². The molecule has 0 saturated carbocycles. The van der Waals surface area contributed by atoms with E-state index in [9.17, 15) is 43.8 Å². The van der Waals surface area contributed by atoms with Crippen molar-refractivity contribution in [3.05, 3.63) is 0 Å². The zero-order valence-electron chi connectivity index (χ0n) is 22.0. The van der Waals surface area contributed by atoms with Crippen LogP contribution in [-0.4, -0.2) is 124 Å². The number of nitrogens with zero attached hydrogens (tertiary/aromatic N) is 2. The molecular weight excluding hydrogens is 518 g/mol. The van der Waals surface area contributed by atoms with Gasteiger partial charge in [0.2, 0.25) is 35.4 Å². The average molecular weight is 556 g/mol. The third-order valence-electron chi connectivity index (χ3n) is 6.54. The van der Waals surface area contributed by atoms with Gasteiger partial charge in [-0.05, 0) is 39.5 Å². The van der Waals surface area contributed by atoms with Crippen molar-refractivity contribution in [2.75, 3.05) is 32.8 Å². The molecule has 0 spiro atoms. The molecule has 2 rings (SSSR count). The summed E-state index contributed by atoms with van der Waals surface area (Å²) >= 11 is 0. The number of hydrogen-bond donors (Lipinski definition) is 7. The molecular formula is C23H37N7O9. The number of carbonyl (C=O) groups excluding carboxylic acids is 6. The smallest absolute Gasteiger partial charge is 0.326 e. The summed E-state index contributed by atoms with van der Waals surface area (Å²) in [7, 11) is 0. The molecule has 0 bridgehead atoms. The monoisotopic (exact) mass is 555 g/mol. The highest BCUT2D eigenvalue weighted by atomic mass is 16.4. The molecule has 0 aliphatic carbocycles. The number of nitrogens with two attached hydrogens (primary N) is 1. The van der Waals surface area contributed by atoms with Crippen LogP contribution in [0.3, 0.4) is 0 Å². The van der Waals surface area contributed by atoms with Crippen LogP contribution in [0.2, 0.25) is 0 Å². The standard InChI is InChI=1S/C23H37N7O9/c1-12(24)19(34)28-14(11-31)21(36)26-10-17(32)29-7-3-5-15(29)22(37)27-13(2)20(35)25-9-18(33)30-8-4-6-16(30)23(38)39/h12-16,31H,3-11,24H2,1-2H3,(H,25,35)(H,26,36)(H,27,37)(H,28,34)(H,38,39)/t12-,13-,14-,15-,16-/m0/s1. The van der Waals surface area contributed by atoms with Gasteiger partial charge in [-0.3, -0.25) is 28.8 Å². The molecule has 8 N–H and O–H groups in total. The zero-order valence-corrected chi connectivity index (χ0v) is 22.0. The Morgan fingerprint density at radius 1 is 0.821 bits per heavy atom. The van der Waals surface area contributed by atoms with Gasteiger partial charge in [0.05, 0.1) is 25.7 Å². The van der Waals surface area contributed by atoms with Gasteiger partial charge in [-0.15, -0.1) is 0 Å². The highest BCUT2D eigenvalue weighted by Gasteiger charge is 2.36. The van der Waals surface area contributed by atoms with Gasteiger partial charge in [-0.25, -0.2) is 4.79 Å². The first-order valence-corrected chi connectivity index (χ1v) is 12.7. The Morgan fingerprint density at radius 3 is 1.85 bits per heavy atom. The number of aliphatic carboxylic acids is 1. The third kappa shape index (κ3) is 8.61. The molecule has 5 atom stereocenters. The molecule has 2 aliphatic heterocycles. The lowest BCUT2D eigenvalue weighted by atomic mass is 10.2. The van der Waals surface area contributed by atoms with E-state index in [1.807, 2.05) is 0 Å². The molecule has 0 aromatic carbocycles. The number of carboxylic acid groups (broad SMARTS) is 1. The van der Waals surface area contributed by atoms with Crippen molar-refractivity contribution in [3.8, 4) is 0 Å². The van der Waals surface area contributed by atoms with Crippen LogP contribution in [0.15, 0.2) is 0 Å². The lowest BCUT2D eigenvalue weighted by molar-refractivity contribution is -0.148. The van der Waals surface area contributed by atoms with Crippen LogP contribution in [0.4, 0.5) is 0 Å². The number of hydrogen-bond acceptors (Lipinski definition) is 9. The van der Waals surface area contributed by atoms with Gasteiger partial charge in [0.15, 0.2) is 0 Å². The number of nitrogens with one attached hydrogen (secondary N) is 4. The van der Waals surface area contributed by atoms with Gasteiger partial charge < -0.3 is 47.0 Å². The second-order valence-corrected chi connectivity index (χ2v) is 9.53. The topological polar surface area (TPSA) is 241 Å². The highest BCUT2D eigenvalue weighted by molar-refractivity contribution is 5.95. The van der Waals surface area contributed by atoms with Crippen LogP contribution in [0.5, 0.6) is 0 Å². The molecule has 0 aromatic heterocycles. The zero-order chi connectivity index (χ0) is 29.3. The Labute approximate surface area is 225 Å². The Bertz CT molecular complexity index is 974. The molecule has 2 saturated heterocycles. The fraction of sp³-hybridized carbons (Fsp3) is 0.696. The third-order valence-corrected chi connectivity index (χ3v) is 6.54. The summed E-state index contributed by atoms with van der Waals surface area (Å²) in [5.41, 5.74) is 5.43. The number of carbonyl (C=O) groups is 7. The first-order valence-electron chi connectivity index (χ1n) is 12.7. The van der Waals surface area contributed by atoms with Crippen LogP contribution in [0, 0.1) is 0 Å². The molecule has 2 heterocycles. The van der Waals surface area contributed by atoms with Crippen molar-refractivity contribution in [2.24, 2.45) is 5.73 Å². The Kier molecular flexibility index (Phi) is 11.6. The maximum Gasteiger partial charge on any atom is 0.326 e. The van der Waals surface area contributed by atoms with Crippen molar-refractivity contribution >= 4 is 41.4 Å².